The van der Waals surface area contributed by atoms with E-state index in [4.69, 9.17) is 9.47 Å². The van der Waals surface area contributed by atoms with Gasteiger partial charge in [-0.15, -0.1) is 0 Å². The van der Waals surface area contributed by atoms with E-state index in [0.29, 0.717) is 12.1 Å². The molecular weight excluding hydrogens is 754 g/mol. The summed E-state index contributed by atoms with van der Waals surface area (Å²) < 4.78 is 12.1. The Morgan fingerprint density at radius 1 is 0.600 bits per heavy atom. The van der Waals surface area contributed by atoms with Crippen LogP contribution in [0.4, 0.5) is 26.7 Å². The van der Waals surface area contributed by atoms with Crippen LogP contribution in [0.15, 0.2) is 40.9 Å². The lowest BCUT2D eigenvalue weighted by Gasteiger charge is -2.39. The zero-order valence-corrected chi connectivity index (χ0v) is 37.5. The van der Waals surface area contributed by atoms with Gasteiger partial charge in [-0.2, -0.15) is 0 Å². The topological polar surface area (TPSA) is 68.8 Å². The van der Waals surface area contributed by atoms with Crippen molar-refractivity contribution in [1.29, 1.82) is 0 Å². The predicted molar refractivity (Wildman–Crippen MR) is 233 cm³/mol. The number of rotatable bonds is 5. The first-order chi connectivity index (χ1) is 25.9. The van der Waals surface area contributed by atoms with Gasteiger partial charge >= 0.3 is 12.2 Å². The van der Waals surface area contributed by atoms with Crippen molar-refractivity contribution >= 4 is 45.2 Å². The number of piperidine rings is 2. The van der Waals surface area contributed by atoms with Gasteiger partial charge in [0.2, 0.25) is 0 Å². The first kappa shape index (κ1) is 44.6. The maximum absolute atomic E-state index is 12.3. The van der Waals surface area contributed by atoms with E-state index < -0.39 is 11.2 Å². The van der Waals surface area contributed by atoms with E-state index in [1.165, 1.54) is 73.1 Å². The number of nitrogens with zero attached hydrogens (tertiary/aromatic N) is 5. The molecule has 2 aromatic carbocycles. The largest absolute Gasteiger partial charge is 0.444 e. The van der Waals surface area contributed by atoms with Crippen molar-refractivity contribution in [3.8, 4) is 0 Å². The van der Waals surface area contributed by atoms with Gasteiger partial charge in [0.1, 0.15) is 11.2 Å². The summed E-state index contributed by atoms with van der Waals surface area (Å²) in [6.07, 6.45) is 13.5. The summed E-state index contributed by atoms with van der Waals surface area (Å²) in [6.45, 7) is 21.0. The number of benzene rings is 2. The van der Waals surface area contributed by atoms with E-state index in [1.807, 2.05) is 51.3 Å². The Kier molecular flexibility index (Phi) is 16.5. The van der Waals surface area contributed by atoms with Crippen LogP contribution in [0.3, 0.4) is 0 Å². The lowest BCUT2D eigenvalue weighted by Crippen LogP contribution is -2.47. The molecule has 308 valence electrons. The van der Waals surface area contributed by atoms with Crippen LogP contribution in [0.5, 0.6) is 0 Å². The summed E-state index contributed by atoms with van der Waals surface area (Å²) in [5.41, 5.74) is 5.58. The number of amides is 2. The minimum absolute atomic E-state index is 0.184. The average molecular weight is 827 g/mol. The molecule has 0 aromatic heterocycles. The average Bonchev–Trinajstić information content (AvgIpc) is 3.89. The van der Waals surface area contributed by atoms with Gasteiger partial charge in [-0.05, 0) is 145 Å². The number of ether oxygens (including phenoxy) is 2. The van der Waals surface area contributed by atoms with Crippen LogP contribution in [-0.2, 0) is 9.47 Å². The first-order valence-corrected chi connectivity index (χ1v) is 21.7. The van der Waals surface area contributed by atoms with E-state index in [0.717, 1.165) is 69.4 Å². The van der Waals surface area contributed by atoms with E-state index >= 15 is 0 Å². The number of likely N-dealkylation sites (tertiary alicyclic amines) is 2. The molecule has 2 amide bonds. The standard InChI is InChI=1S/C22H35N3O2.C18H27BrN2O2.C5H10/c1-17-8-9-19(20(16-17)24-12-6-7-13-24)23(5)18-10-14-25(15-11-18)21(26)27-22(2,3)4;1-13-6-7-16(15(19)12-13)20(5)14-8-10-21(11-9-14)17(22)23-18(2,3)4;1-2-4-5-3-1/h8-9,16,18H,6-7,10-15H2,1-5H3;6-7,12,14H,8-11H2,1-5H3;1-5H2. The summed E-state index contributed by atoms with van der Waals surface area (Å²) in [7, 11) is 4.33. The van der Waals surface area contributed by atoms with E-state index in [2.05, 4.69) is 95.0 Å². The molecule has 4 aliphatic rings. The second kappa shape index (κ2) is 20.3. The molecule has 0 spiro atoms. The van der Waals surface area contributed by atoms with Crippen LogP contribution in [0, 0.1) is 13.8 Å². The number of hydrogen-bond donors (Lipinski definition) is 0. The fraction of sp³-hybridized carbons (Fsp3) is 0.689. The Labute approximate surface area is 342 Å². The highest BCUT2D eigenvalue weighted by atomic mass is 79.9. The number of anilines is 3. The Bertz CT molecular complexity index is 1500. The highest BCUT2D eigenvalue weighted by molar-refractivity contribution is 9.10. The van der Waals surface area contributed by atoms with E-state index in [-0.39, 0.29) is 12.2 Å². The molecule has 1 aliphatic carbocycles. The minimum atomic E-state index is -0.433. The fourth-order valence-electron chi connectivity index (χ4n) is 7.84. The zero-order chi connectivity index (χ0) is 40.3. The third kappa shape index (κ3) is 14.1. The van der Waals surface area contributed by atoms with Crippen molar-refractivity contribution < 1.29 is 19.1 Å². The SMILES string of the molecule is C1CCCC1.Cc1ccc(N(C)C2CCN(C(=O)OC(C)(C)C)CC2)c(Br)c1.Cc1ccc(N(C)C2CCN(C(=O)OC(C)(C)C)CC2)c(N2CCCC2)c1. The maximum atomic E-state index is 12.3. The van der Waals surface area contributed by atoms with Gasteiger partial charge in [-0.25, -0.2) is 9.59 Å². The molecule has 10 heteroatoms. The van der Waals surface area contributed by atoms with Gasteiger partial charge in [-0.3, -0.25) is 0 Å². The molecule has 3 aliphatic heterocycles. The third-order valence-corrected chi connectivity index (χ3v) is 11.7. The Hall–Kier alpha value is -3.14. The summed E-state index contributed by atoms with van der Waals surface area (Å²) >= 11 is 3.66. The lowest BCUT2D eigenvalue weighted by molar-refractivity contribution is 0.0195. The molecule has 4 fully saturated rings. The molecule has 3 heterocycles. The van der Waals surface area contributed by atoms with Crippen molar-refractivity contribution in [2.75, 3.05) is 68.1 Å². The van der Waals surface area contributed by atoms with Crippen LogP contribution >= 0.6 is 15.9 Å². The predicted octanol–water partition coefficient (Wildman–Crippen LogP) is 11.0. The number of hydrogen-bond acceptors (Lipinski definition) is 7. The summed E-state index contributed by atoms with van der Waals surface area (Å²) in [6, 6.07) is 14.1. The molecule has 1 saturated carbocycles. The Balaban J connectivity index is 0.000000219. The normalized spacial score (nSPS) is 18.2. The van der Waals surface area contributed by atoms with Gasteiger partial charge in [0.05, 0.1) is 17.1 Å². The molecule has 3 saturated heterocycles. The third-order valence-electron chi connectivity index (χ3n) is 11.0. The second-order valence-corrected chi connectivity index (χ2v) is 18.9. The second-order valence-electron chi connectivity index (χ2n) is 18.0. The van der Waals surface area contributed by atoms with Crippen LogP contribution in [0.2, 0.25) is 0 Å². The summed E-state index contributed by atoms with van der Waals surface area (Å²) in [4.78, 5) is 35.4. The Morgan fingerprint density at radius 3 is 1.38 bits per heavy atom. The molecule has 55 heavy (non-hydrogen) atoms. The molecule has 0 atom stereocenters. The van der Waals surface area contributed by atoms with E-state index in [9.17, 15) is 9.59 Å². The van der Waals surface area contributed by atoms with Crippen molar-refractivity contribution in [1.82, 2.24) is 9.80 Å². The summed E-state index contributed by atoms with van der Waals surface area (Å²) in [5.74, 6) is 0. The van der Waals surface area contributed by atoms with Crippen LogP contribution in [0.25, 0.3) is 0 Å². The number of halogens is 1. The van der Waals surface area contributed by atoms with Gasteiger partial charge < -0.3 is 34.0 Å². The van der Waals surface area contributed by atoms with E-state index in [1.54, 1.807) is 0 Å². The monoisotopic (exact) mass is 825 g/mol. The van der Waals surface area contributed by atoms with Crippen LogP contribution in [0.1, 0.15) is 123 Å². The van der Waals surface area contributed by atoms with Gasteiger partial charge in [0.25, 0.3) is 0 Å². The van der Waals surface area contributed by atoms with Gasteiger partial charge in [0, 0.05) is 69.9 Å². The quantitative estimate of drug-likeness (QED) is 0.297. The zero-order valence-electron chi connectivity index (χ0n) is 35.9. The van der Waals surface area contributed by atoms with Crippen molar-refractivity contribution in [2.45, 2.75) is 149 Å². The van der Waals surface area contributed by atoms with Crippen LogP contribution < -0.4 is 14.7 Å². The van der Waals surface area contributed by atoms with Crippen molar-refractivity contribution in [2.24, 2.45) is 0 Å². The smallest absolute Gasteiger partial charge is 0.410 e. The van der Waals surface area contributed by atoms with Gasteiger partial charge in [-0.1, -0.05) is 44.2 Å². The molecule has 0 unspecified atom stereocenters. The van der Waals surface area contributed by atoms with Crippen LogP contribution in [-0.4, -0.2) is 98.6 Å². The van der Waals surface area contributed by atoms with Crippen molar-refractivity contribution in [3.05, 3.63) is 52.0 Å². The molecular formula is C45H72BrN5O4. The molecule has 0 bridgehead atoms. The highest BCUT2D eigenvalue weighted by Gasteiger charge is 2.31. The first-order valence-electron chi connectivity index (χ1n) is 20.9. The Morgan fingerprint density at radius 2 is 0.982 bits per heavy atom. The molecule has 2 aromatic rings. The molecule has 0 radical (unpaired) electrons. The number of carbonyl (C=O) groups excluding carboxylic acids is 2. The fourth-order valence-corrected chi connectivity index (χ4v) is 8.62. The lowest BCUT2D eigenvalue weighted by atomic mass is 10.0. The van der Waals surface area contributed by atoms with Gasteiger partial charge in [0.15, 0.2) is 0 Å². The highest BCUT2D eigenvalue weighted by Crippen LogP contribution is 2.35. The minimum Gasteiger partial charge on any atom is -0.444 e. The molecule has 6 rings (SSSR count). The maximum Gasteiger partial charge on any atom is 0.410 e. The molecule has 9 nitrogen and oxygen atoms in total. The summed E-state index contributed by atoms with van der Waals surface area (Å²) in [5, 5.41) is 0. The molecule has 0 N–H and O–H groups in total. The number of aryl methyl sites for hydroxylation is 2. The van der Waals surface area contributed by atoms with Crippen molar-refractivity contribution in [3.63, 3.8) is 0 Å². The number of carbonyl (C=O) groups is 2.